The average molecular weight is 294 g/mol. The highest BCUT2D eigenvalue weighted by Crippen LogP contribution is 2.25. The van der Waals surface area contributed by atoms with Gasteiger partial charge in [-0.3, -0.25) is 14.6 Å². The number of hydrogen-bond donors (Lipinski definition) is 1. The van der Waals surface area contributed by atoms with Crippen LogP contribution in [0, 0.1) is 5.82 Å². The first kappa shape index (κ1) is 15.9. The van der Waals surface area contributed by atoms with Crippen LogP contribution in [0.2, 0.25) is 0 Å². The maximum absolute atomic E-state index is 13.1. The number of carboxylic acids is 1. The Morgan fingerprint density at radius 3 is 2.57 bits per heavy atom. The first-order valence-electron chi connectivity index (χ1n) is 7.54. The summed E-state index contributed by atoms with van der Waals surface area (Å²) in [6, 6.07) is 6.99. The Bertz CT molecular complexity index is 464. The summed E-state index contributed by atoms with van der Waals surface area (Å²) >= 11 is 0. The van der Waals surface area contributed by atoms with E-state index in [-0.39, 0.29) is 18.4 Å². The molecular weight excluding hydrogens is 271 g/mol. The summed E-state index contributed by atoms with van der Waals surface area (Å²) in [6.07, 6.45) is 1.93. The Morgan fingerprint density at radius 2 is 1.95 bits per heavy atom. The maximum atomic E-state index is 13.1. The van der Waals surface area contributed by atoms with Gasteiger partial charge in [0.05, 0.1) is 6.54 Å². The molecule has 5 heteroatoms. The van der Waals surface area contributed by atoms with Crippen LogP contribution in [-0.4, -0.2) is 53.6 Å². The third kappa shape index (κ3) is 4.51. The lowest BCUT2D eigenvalue weighted by atomic mass is 10.0. The van der Waals surface area contributed by atoms with Crippen LogP contribution in [0.4, 0.5) is 4.39 Å². The number of aliphatic carboxylic acids is 1. The van der Waals surface area contributed by atoms with E-state index in [2.05, 4.69) is 11.8 Å². The maximum Gasteiger partial charge on any atom is 0.317 e. The van der Waals surface area contributed by atoms with Gasteiger partial charge in [-0.05, 0) is 30.5 Å². The number of halogens is 1. The highest BCUT2D eigenvalue weighted by Gasteiger charge is 2.22. The lowest BCUT2D eigenvalue weighted by molar-refractivity contribution is -0.138. The molecule has 1 unspecified atom stereocenters. The minimum Gasteiger partial charge on any atom is -0.480 e. The summed E-state index contributed by atoms with van der Waals surface area (Å²) in [7, 11) is 0. The molecule has 0 radical (unpaired) electrons. The highest BCUT2D eigenvalue weighted by atomic mass is 19.1. The van der Waals surface area contributed by atoms with E-state index in [1.54, 1.807) is 0 Å². The molecule has 1 fully saturated rings. The van der Waals surface area contributed by atoms with Gasteiger partial charge in [0.1, 0.15) is 5.82 Å². The molecule has 1 N–H and O–H groups in total. The van der Waals surface area contributed by atoms with Gasteiger partial charge < -0.3 is 5.11 Å². The molecule has 21 heavy (non-hydrogen) atoms. The van der Waals surface area contributed by atoms with Crippen LogP contribution in [0.15, 0.2) is 24.3 Å². The molecule has 1 heterocycles. The largest absolute Gasteiger partial charge is 0.480 e. The van der Waals surface area contributed by atoms with Crippen LogP contribution in [0.3, 0.4) is 0 Å². The Balaban J connectivity index is 2.02. The van der Waals surface area contributed by atoms with Crippen molar-refractivity contribution < 1.29 is 14.3 Å². The molecule has 116 valence electrons. The summed E-state index contributed by atoms with van der Waals surface area (Å²) in [5.74, 6) is -0.980. The molecule has 0 aliphatic carbocycles. The van der Waals surface area contributed by atoms with Crippen molar-refractivity contribution in [3.8, 4) is 0 Å². The van der Waals surface area contributed by atoms with Crippen molar-refractivity contribution in [1.29, 1.82) is 0 Å². The molecule has 0 bridgehead atoms. The second-order valence-electron chi connectivity index (χ2n) is 5.54. The van der Waals surface area contributed by atoms with E-state index in [4.69, 9.17) is 5.11 Å². The highest BCUT2D eigenvalue weighted by molar-refractivity contribution is 5.69. The first-order valence-corrected chi connectivity index (χ1v) is 7.54. The molecule has 1 atom stereocenters. The normalized spacial score (nSPS) is 19.1. The van der Waals surface area contributed by atoms with Gasteiger partial charge in [-0.15, -0.1) is 0 Å². The third-order valence-corrected chi connectivity index (χ3v) is 4.06. The number of carbonyl (C=O) groups is 1. The van der Waals surface area contributed by atoms with Crippen LogP contribution in [0.25, 0.3) is 0 Å². The van der Waals surface area contributed by atoms with Gasteiger partial charge in [-0.1, -0.05) is 19.1 Å². The fraction of sp³-hybridized carbons (Fsp3) is 0.562. The second-order valence-corrected chi connectivity index (χ2v) is 5.54. The number of nitrogens with zero attached hydrogens (tertiary/aromatic N) is 2. The standard InChI is InChI=1S/C16H23FN2O2/c1-2-15(13-4-6-14(17)7-5-13)19-9-3-8-18(10-11-19)12-16(20)21/h4-7,15H,2-3,8-12H2,1H3,(H,20,21). The van der Waals surface area contributed by atoms with Crippen molar-refractivity contribution in [3.05, 3.63) is 35.6 Å². The zero-order chi connectivity index (χ0) is 15.2. The van der Waals surface area contributed by atoms with Crippen LogP contribution in [0.1, 0.15) is 31.4 Å². The first-order chi connectivity index (χ1) is 10.1. The summed E-state index contributed by atoms with van der Waals surface area (Å²) in [5, 5.41) is 8.89. The fourth-order valence-corrected chi connectivity index (χ4v) is 3.04. The van der Waals surface area contributed by atoms with Gasteiger partial charge in [0, 0.05) is 32.2 Å². The van der Waals surface area contributed by atoms with Crippen LogP contribution < -0.4 is 0 Å². The lowest BCUT2D eigenvalue weighted by Gasteiger charge is -2.30. The van der Waals surface area contributed by atoms with Crippen molar-refractivity contribution in [2.45, 2.75) is 25.8 Å². The Hall–Kier alpha value is -1.46. The van der Waals surface area contributed by atoms with Crippen molar-refractivity contribution in [1.82, 2.24) is 9.80 Å². The van der Waals surface area contributed by atoms with Crippen LogP contribution in [-0.2, 0) is 4.79 Å². The fourth-order valence-electron chi connectivity index (χ4n) is 3.04. The van der Waals surface area contributed by atoms with Crippen molar-refractivity contribution in [2.24, 2.45) is 0 Å². The van der Waals surface area contributed by atoms with E-state index >= 15 is 0 Å². The molecule has 0 amide bonds. The Labute approximate surface area is 125 Å². The molecule has 1 aromatic carbocycles. The number of rotatable bonds is 5. The Kier molecular flexibility index (Phi) is 5.70. The predicted molar refractivity (Wildman–Crippen MR) is 79.7 cm³/mol. The molecule has 1 saturated heterocycles. The molecule has 0 saturated carbocycles. The van der Waals surface area contributed by atoms with E-state index in [0.717, 1.165) is 44.6 Å². The summed E-state index contributed by atoms with van der Waals surface area (Å²) < 4.78 is 13.1. The van der Waals surface area contributed by atoms with E-state index in [1.807, 2.05) is 17.0 Å². The predicted octanol–water partition coefficient (Wildman–Crippen LogP) is 2.37. The van der Waals surface area contributed by atoms with E-state index in [1.165, 1.54) is 12.1 Å². The zero-order valence-corrected chi connectivity index (χ0v) is 12.5. The monoisotopic (exact) mass is 294 g/mol. The number of carboxylic acid groups (broad SMARTS) is 1. The molecule has 4 nitrogen and oxygen atoms in total. The summed E-state index contributed by atoms with van der Waals surface area (Å²) in [4.78, 5) is 15.2. The molecule has 0 spiro atoms. The molecule has 1 aliphatic rings. The number of hydrogen-bond acceptors (Lipinski definition) is 3. The smallest absolute Gasteiger partial charge is 0.317 e. The van der Waals surface area contributed by atoms with Gasteiger partial charge in [0.25, 0.3) is 0 Å². The van der Waals surface area contributed by atoms with Crippen LogP contribution in [0.5, 0.6) is 0 Å². The zero-order valence-electron chi connectivity index (χ0n) is 12.5. The van der Waals surface area contributed by atoms with Crippen molar-refractivity contribution in [2.75, 3.05) is 32.7 Å². The Morgan fingerprint density at radius 1 is 1.24 bits per heavy atom. The van der Waals surface area contributed by atoms with Gasteiger partial charge in [0.15, 0.2) is 0 Å². The summed E-state index contributed by atoms with van der Waals surface area (Å²) in [6.45, 7) is 5.64. The SMILES string of the molecule is CCC(c1ccc(F)cc1)N1CCCN(CC(=O)O)CC1. The molecule has 1 aliphatic heterocycles. The quantitative estimate of drug-likeness (QED) is 0.905. The van der Waals surface area contributed by atoms with Crippen LogP contribution >= 0.6 is 0 Å². The van der Waals surface area contributed by atoms with Gasteiger partial charge in [-0.25, -0.2) is 4.39 Å². The second kappa shape index (κ2) is 7.52. The minimum atomic E-state index is -0.769. The number of benzene rings is 1. The van der Waals surface area contributed by atoms with E-state index < -0.39 is 5.97 Å². The molecular formula is C16H23FN2O2. The minimum absolute atomic E-state index is 0.112. The van der Waals surface area contributed by atoms with E-state index in [9.17, 15) is 9.18 Å². The topological polar surface area (TPSA) is 43.8 Å². The summed E-state index contributed by atoms with van der Waals surface area (Å²) in [5.41, 5.74) is 1.13. The third-order valence-electron chi connectivity index (χ3n) is 4.06. The molecule has 1 aromatic rings. The molecule has 0 aromatic heterocycles. The average Bonchev–Trinajstić information content (AvgIpc) is 2.67. The van der Waals surface area contributed by atoms with E-state index in [0.29, 0.717) is 0 Å². The van der Waals surface area contributed by atoms with Gasteiger partial charge in [0.2, 0.25) is 0 Å². The molecule has 2 rings (SSSR count). The lowest BCUT2D eigenvalue weighted by Crippen LogP contribution is -2.35. The van der Waals surface area contributed by atoms with Gasteiger partial charge >= 0.3 is 5.97 Å². The van der Waals surface area contributed by atoms with Crippen molar-refractivity contribution >= 4 is 5.97 Å². The van der Waals surface area contributed by atoms with Crippen molar-refractivity contribution in [3.63, 3.8) is 0 Å². The van der Waals surface area contributed by atoms with Gasteiger partial charge in [-0.2, -0.15) is 0 Å².